The van der Waals surface area contributed by atoms with Gasteiger partial charge in [-0.1, -0.05) is 0 Å². The fourth-order valence-electron chi connectivity index (χ4n) is 1.72. The van der Waals surface area contributed by atoms with Gasteiger partial charge in [-0.2, -0.15) is 0 Å². The van der Waals surface area contributed by atoms with E-state index in [1.807, 2.05) is 0 Å². The summed E-state index contributed by atoms with van der Waals surface area (Å²) >= 11 is 5.81. The van der Waals surface area contributed by atoms with Gasteiger partial charge in [-0.05, 0) is 37.5 Å². The first-order valence-electron chi connectivity index (χ1n) is 5.16. The summed E-state index contributed by atoms with van der Waals surface area (Å²) in [6.07, 6.45) is 4.06. The second kappa shape index (κ2) is 3.99. The summed E-state index contributed by atoms with van der Waals surface area (Å²) in [5, 5.41) is 0.271. The summed E-state index contributed by atoms with van der Waals surface area (Å²) in [4.78, 5) is 0. The lowest BCUT2D eigenvalue weighted by Gasteiger charge is -2.30. The highest BCUT2D eigenvalue weighted by Gasteiger charge is 2.31. The Hall–Kier alpha value is 0.200. The molecule has 0 aliphatic heterocycles. The number of rotatable bonds is 5. The van der Waals surface area contributed by atoms with Crippen molar-refractivity contribution in [3.63, 3.8) is 0 Å². The number of hydrogen-bond donors (Lipinski definition) is 1. The molecule has 0 heterocycles. The van der Waals surface area contributed by atoms with E-state index in [1.54, 1.807) is 0 Å². The van der Waals surface area contributed by atoms with Gasteiger partial charge in [0.25, 0.3) is 0 Å². The van der Waals surface area contributed by atoms with Crippen molar-refractivity contribution >= 4 is 21.6 Å². The van der Waals surface area contributed by atoms with E-state index in [2.05, 4.69) is 4.72 Å². The van der Waals surface area contributed by atoms with E-state index >= 15 is 0 Å². The molecule has 0 bridgehead atoms. The van der Waals surface area contributed by atoms with Crippen molar-refractivity contribution in [1.82, 2.24) is 4.72 Å². The number of nitrogens with one attached hydrogen (secondary N) is 1. The van der Waals surface area contributed by atoms with Crippen LogP contribution >= 0.6 is 11.6 Å². The molecule has 0 amide bonds. The molecule has 2 fully saturated rings. The molecule has 3 nitrogen and oxygen atoms in total. The van der Waals surface area contributed by atoms with E-state index in [4.69, 9.17) is 11.6 Å². The normalized spacial score (nSPS) is 32.6. The molecular weight excluding hydrogens is 222 g/mol. The number of sulfonamides is 1. The van der Waals surface area contributed by atoms with Crippen LogP contribution in [0.3, 0.4) is 0 Å². The molecule has 0 aromatic carbocycles. The zero-order chi connectivity index (χ0) is 10.2. The van der Waals surface area contributed by atoms with Crippen LogP contribution in [0.2, 0.25) is 0 Å². The molecule has 82 valence electrons. The third kappa shape index (κ3) is 3.11. The minimum Gasteiger partial charge on any atom is -0.215 e. The molecule has 0 aromatic heterocycles. The molecule has 14 heavy (non-hydrogen) atoms. The molecule has 0 saturated heterocycles. The Kier molecular flexibility index (Phi) is 3.05. The van der Waals surface area contributed by atoms with Crippen molar-refractivity contribution in [2.45, 2.75) is 31.1 Å². The topological polar surface area (TPSA) is 46.2 Å². The van der Waals surface area contributed by atoms with Gasteiger partial charge in [0, 0.05) is 11.9 Å². The van der Waals surface area contributed by atoms with Crippen LogP contribution in [0.4, 0.5) is 0 Å². The molecule has 1 N–H and O–H groups in total. The second-order valence-electron chi connectivity index (χ2n) is 4.51. The first kappa shape index (κ1) is 10.7. The zero-order valence-corrected chi connectivity index (χ0v) is 9.65. The Balaban J connectivity index is 1.68. The van der Waals surface area contributed by atoms with Crippen LogP contribution < -0.4 is 4.72 Å². The fraction of sp³-hybridized carbons (Fsp3) is 1.00. The van der Waals surface area contributed by atoms with Crippen molar-refractivity contribution in [3.05, 3.63) is 0 Å². The lowest BCUT2D eigenvalue weighted by atomic mass is 9.85. The van der Waals surface area contributed by atoms with Gasteiger partial charge < -0.3 is 0 Å². The van der Waals surface area contributed by atoms with E-state index < -0.39 is 10.0 Å². The van der Waals surface area contributed by atoms with Crippen LogP contribution in [0.15, 0.2) is 0 Å². The van der Waals surface area contributed by atoms with Gasteiger partial charge in [0.1, 0.15) is 0 Å². The quantitative estimate of drug-likeness (QED) is 0.734. The maximum absolute atomic E-state index is 11.5. The summed E-state index contributed by atoms with van der Waals surface area (Å²) in [5.74, 6) is 1.21. The van der Waals surface area contributed by atoms with Crippen LogP contribution in [0.5, 0.6) is 0 Å². The molecule has 5 heteroatoms. The van der Waals surface area contributed by atoms with E-state index in [1.165, 1.54) is 0 Å². The lowest BCUT2D eigenvalue weighted by Crippen LogP contribution is -2.37. The number of hydrogen-bond acceptors (Lipinski definition) is 2. The van der Waals surface area contributed by atoms with Crippen molar-refractivity contribution in [3.8, 4) is 0 Å². The molecule has 2 aliphatic rings. The van der Waals surface area contributed by atoms with Gasteiger partial charge in [0.05, 0.1) is 5.75 Å². The fourth-order valence-corrected chi connectivity index (χ4v) is 3.78. The summed E-state index contributed by atoms with van der Waals surface area (Å²) in [7, 11) is -3.00. The standard InChI is InChI=1S/C9H16ClNO2S/c10-9-3-8(4-9)5-11-14(12,13)6-7-1-2-7/h7-9,11H,1-6H2. The third-order valence-electron chi connectivity index (χ3n) is 2.92. The van der Waals surface area contributed by atoms with Gasteiger partial charge >= 0.3 is 0 Å². The average molecular weight is 238 g/mol. The maximum Gasteiger partial charge on any atom is 0.211 e. The summed E-state index contributed by atoms with van der Waals surface area (Å²) in [6, 6.07) is 0. The third-order valence-corrected chi connectivity index (χ3v) is 4.80. The summed E-state index contributed by atoms with van der Waals surface area (Å²) in [6.45, 7) is 0.582. The smallest absolute Gasteiger partial charge is 0.211 e. The van der Waals surface area contributed by atoms with Gasteiger partial charge in [0.2, 0.25) is 10.0 Å². The Morgan fingerprint density at radius 1 is 1.21 bits per heavy atom. The molecule has 0 spiro atoms. The number of alkyl halides is 1. The van der Waals surface area contributed by atoms with Crippen LogP contribution in [0, 0.1) is 11.8 Å². The van der Waals surface area contributed by atoms with Gasteiger partial charge in [-0.3, -0.25) is 0 Å². The Morgan fingerprint density at radius 3 is 2.36 bits per heavy atom. The van der Waals surface area contributed by atoms with Crippen molar-refractivity contribution < 1.29 is 8.42 Å². The SMILES string of the molecule is O=S(=O)(CC1CC1)NCC1CC(Cl)C1. The zero-order valence-electron chi connectivity index (χ0n) is 8.08. The monoisotopic (exact) mass is 237 g/mol. The van der Waals surface area contributed by atoms with Gasteiger partial charge in [-0.25, -0.2) is 13.1 Å². The van der Waals surface area contributed by atoms with Crippen LogP contribution in [0.25, 0.3) is 0 Å². The largest absolute Gasteiger partial charge is 0.215 e. The molecule has 2 rings (SSSR count). The van der Waals surface area contributed by atoms with Crippen molar-refractivity contribution in [2.75, 3.05) is 12.3 Å². The molecule has 2 aliphatic carbocycles. The Labute approximate surface area is 90.3 Å². The number of halogens is 1. The molecule has 2 saturated carbocycles. The van der Waals surface area contributed by atoms with Gasteiger partial charge in [0.15, 0.2) is 0 Å². The molecule has 0 radical (unpaired) electrons. The predicted molar refractivity (Wildman–Crippen MR) is 56.9 cm³/mol. The van der Waals surface area contributed by atoms with E-state index in [0.717, 1.165) is 25.7 Å². The second-order valence-corrected chi connectivity index (χ2v) is 6.98. The summed E-state index contributed by atoms with van der Waals surface area (Å²) < 4.78 is 25.6. The maximum atomic E-state index is 11.5. The summed E-state index contributed by atoms with van der Waals surface area (Å²) in [5.41, 5.74) is 0. The van der Waals surface area contributed by atoms with Crippen LogP contribution in [-0.2, 0) is 10.0 Å². The molecular formula is C9H16ClNO2S. The minimum absolute atomic E-state index is 0.271. The van der Waals surface area contributed by atoms with E-state index in [-0.39, 0.29) is 5.38 Å². The molecule has 0 atom stereocenters. The molecule has 0 aromatic rings. The minimum atomic E-state index is -3.00. The Bertz CT molecular complexity index is 294. The first-order valence-corrected chi connectivity index (χ1v) is 7.25. The van der Waals surface area contributed by atoms with E-state index in [0.29, 0.717) is 24.1 Å². The Morgan fingerprint density at radius 2 is 1.86 bits per heavy atom. The first-order chi connectivity index (χ1) is 6.55. The van der Waals surface area contributed by atoms with Crippen LogP contribution in [-0.4, -0.2) is 26.1 Å². The van der Waals surface area contributed by atoms with Crippen molar-refractivity contribution in [1.29, 1.82) is 0 Å². The van der Waals surface area contributed by atoms with Gasteiger partial charge in [-0.15, -0.1) is 11.6 Å². The van der Waals surface area contributed by atoms with Crippen molar-refractivity contribution in [2.24, 2.45) is 11.8 Å². The lowest BCUT2D eigenvalue weighted by molar-refractivity contribution is 0.324. The average Bonchev–Trinajstić information content (AvgIpc) is 2.79. The predicted octanol–water partition coefficient (Wildman–Crippen LogP) is 1.33. The van der Waals surface area contributed by atoms with Crippen LogP contribution in [0.1, 0.15) is 25.7 Å². The highest BCUT2D eigenvalue weighted by molar-refractivity contribution is 7.89. The molecule has 0 unspecified atom stereocenters. The highest BCUT2D eigenvalue weighted by atomic mass is 35.5. The highest BCUT2D eigenvalue weighted by Crippen LogP contribution is 2.32. The van der Waals surface area contributed by atoms with E-state index in [9.17, 15) is 8.42 Å².